The Morgan fingerprint density at radius 1 is 1.35 bits per heavy atom. The Kier molecular flexibility index (Phi) is 4.88. The second kappa shape index (κ2) is 6.28. The number of benzene rings is 1. The lowest BCUT2D eigenvalue weighted by Gasteiger charge is -2.36. The summed E-state index contributed by atoms with van der Waals surface area (Å²) in [6.07, 6.45) is 2.60. The van der Waals surface area contributed by atoms with E-state index in [1.54, 1.807) is 0 Å². The Labute approximate surface area is 124 Å². The second-order valence-electron chi connectivity index (χ2n) is 4.87. The zero-order valence-corrected chi connectivity index (χ0v) is 12.9. The first kappa shape index (κ1) is 15.5. The van der Waals surface area contributed by atoms with E-state index in [0.717, 1.165) is 19.3 Å². The van der Waals surface area contributed by atoms with Crippen molar-refractivity contribution in [2.24, 2.45) is 0 Å². The molecule has 1 aromatic carbocycles. The van der Waals surface area contributed by atoms with Gasteiger partial charge in [0.1, 0.15) is 5.82 Å². The van der Waals surface area contributed by atoms with Crippen molar-refractivity contribution in [1.29, 1.82) is 0 Å². The van der Waals surface area contributed by atoms with E-state index in [0.29, 0.717) is 12.2 Å². The number of halogens is 2. The molecular weight excluding hydrogens is 303 g/mol. The maximum absolute atomic E-state index is 12.9. The van der Waals surface area contributed by atoms with Crippen LogP contribution < -0.4 is 4.31 Å². The Morgan fingerprint density at radius 3 is 2.60 bits per heavy atom. The summed E-state index contributed by atoms with van der Waals surface area (Å²) in [7, 11) is -2.15. The number of hydrogen-bond donors (Lipinski definition) is 0. The summed E-state index contributed by atoms with van der Waals surface area (Å²) in [5.41, 5.74) is 0.435. The maximum atomic E-state index is 12.9. The van der Waals surface area contributed by atoms with Gasteiger partial charge in [-0.15, -0.1) is 11.6 Å². The minimum absolute atomic E-state index is 0.168. The number of piperidine rings is 1. The van der Waals surface area contributed by atoms with Crippen LogP contribution in [0.4, 0.5) is 10.1 Å². The van der Waals surface area contributed by atoms with Crippen LogP contribution in [-0.2, 0) is 10.2 Å². The molecule has 112 valence electrons. The van der Waals surface area contributed by atoms with Gasteiger partial charge in [0.15, 0.2) is 0 Å². The third-order valence-electron chi connectivity index (χ3n) is 3.58. The van der Waals surface area contributed by atoms with E-state index in [4.69, 9.17) is 11.6 Å². The van der Waals surface area contributed by atoms with E-state index in [-0.39, 0.29) is 11.9 Å². The molecule has 1 aliphatic rings. The normalized spacial score (nSPS) is 20.9. The Hall–Kier alpha value is -0.850. The first-order valence-corrected chi connectivity index (χ1v) is 8.47. The van der Waals surface area contributed by atoms with Gasteiger partial charge in [-0.25, -0.2) is 4.39 Å². The second-order valence-corrected chi connectivity index (χ2v) is 7.09. The van der Waals surface area contributed by atoms with E-state index >= 15 is 0 Å². The average Bonchev–Trinajstić information content (AvgIpc) is 2.47. The molecule has 0 amide bonds. The molecule has 0 saturated carbocycles. The number of rotatable bonds is 4. The van der Waals surface area contributed by atoms with Gasteiger partial charge in [-0.3, -0.25) is 4.31 Å². The molecule has 7 heteroatoms. The maximum Gasteiger partial charge on any atom is 0.304 e. The monoisotopic (exact) mass is 320 g/mol. The number of anilines is 1. The summed E-state index contributed by atoms with van der Waals surface area (Å²) in [5, 5.41) is 0. The van der Waals surface area contributed by atoms with Crippen molar-refractivity contribution in [3.63, 3.8) is 0 Å². The summed E-state index contributed by atoms with van der Waals surface area (Å²) in [5.74, 6) is -0.104. The van der Waals surface area contributed by atoms with Gasteiger partial charge in [0.25, 0.3) is 0 Å². The minimum Gasteiger partial charge on any atom is -0.261 e. The fourth-order valence-electron chi connectivity index (χ4n) is 2.37. The van der Waals surface area contributed by atoms with Crippen LogP contribution in [-0.4, -0.2) is 38.2 Å². The van der Waals surface area contributed by atoms with Crippen LogP contribution in [0, 0.1) is 5.82 Å². The highest BCUT2D eigenvalue weighted by molar-refractivity contribution is 7.90. The van der Waals surface area contributed by atoms with Gasteiger partial charge in [-0.2, -0.15) is 12.7 Å². The van der Waals surface area contributed by atoms with Crippen molar-refractivity contribution < 1.29 is 12.8 Å². The molecule has 1 heterocycles. The van der Waals surface area contributed by atoms with Crippen LogP contribution in [0.3, 0.4) is 0 Å². The van der Waals surface area contributed by atoms with Crippen LogP contribution >= 0.6 is 11.6 Å². The first-order chi connectivity index (χ1) is 9.46. The Morgan fingerprint density at radius 2 is 2.00 bits per heavy atom. The van der Waals surface area contributed by atoms with Crippen LogP contribution in [0.2, 0.25) is 0 Å². The van der Waals surface area contributed by atoms with Crippen molar-refractivity contribution >= 4 is 27.5 Å². The number of hydrogen-bond acceptors (Lipinski definition) is 2. The summed E-state index contributed by atoms with van der Waals surface area (Å²) in [4.78, 5) is 0. The van der Waals surface area contributed by atoms with Crippen LogP contribution in [0.5, 0.6) is 0 Å². The van der Waals surface area contributed by atoms with Crippen molar-refractivity contribution in [3.05, 3.63) is 30.1 Å². The molecule has 4 nitrogen and oxygen atoms in total. The summed E-state index contributed by atoms with van der Waals surface area (Å²) < 4.78 is 40.8. The van der Waals surface area contributed by atoms with Gasteiger partial charge in [-0.05, 0) is 37.1 Å². The Bertz CT molecular complexity index is 550. The SMILES string of the molecule is CN(c1ccc(F)cc1)S(=O)(=O)N1CCCCC1CCl. The molecule has 1 atom stereocenters. The average molecular weight is 321 g/mol. The number of nitrogens with zero attached hydrogens (tertiary/aromatic N) is 2. The smallest absolute Gasteiger partial charge is 0.261 e. The van der Waals surface area contributed by atoms with Gasteiger partial charge in [-0.1, -0.05) is 6.42 Å². The van der Waals surface area contributed by atoms with E-state index in [1.165, 1.54) is 39.9 Å². The molecule has 0 radical (unpaired) electrons. The highest BCUT2D eigenvalue weighted by Crippen LogP contribution is 2.26. The van der Waals surface area contributed by atoms with Crippen molar-refractivity contribution in [2.75, 3.05) is 23.8 Å². The van der Waals surface area contributed by atoms with Gasteiger partial charge >= 0.3 is 10.2 Å². The largest absolute Gasteiger partial charge is 0.304 e. The minimum atomic E-state index is -3.63. The van der Waals surface area contributed by atoms with Crippen LogP contribution in [0.1, 0.15) is 19.3 Å². The van der Waals surface area contributed by atoms with Gasteiger partial charge in [0.2, 0.25) is 0 Å². The van der Waals surface area contributed by atoms with Gasteiger partial charge < -0.3 is 0 Å². The molecule has 1 saturated heterocycles. The van der Waals surface area contributed by atoms with E-state index in [2.05, 4.69) is 0 Å². The fourth-order valence-corrected chi connectivity index (χ4v) is 4.40. The van der Waals surface area contributed by atoms with Crippen molar-refractivity contribution in [2.45, 2.75) is 25.3 Å². The summed E-state index contributed by atoms with van der Waals surface area (Å²) in [6.45, 7) is 0.477. The highest BCUT2D eigenvalue weighted by atomic mass is 35.5. The van der Waals surface area contributed by atoms with Crippen LogP contribution in [0.25, 0.3) is 0 Å². The molecule has 0 bridgehead atoms. The lowest BCUT2D eigenvalue weighted by Crippen LogP contribution is -2.50. The predicted octanol–water partition coefficient (Wildman–Crippen LogP) is 2.60. The quantitative estimate of drug-likeness (QED) is 0.800. The molecule has 0 aliphatic carbocycles. The van der Waals surface area contributed by atoms with Gasteiger partial charge in [0.05, 0.1) is 5.69 Å². The molecule has 1 aliphatic heterocycles. The standard InChI is InChI=1S/C13H18ClFN2O2S/c1-16(12-7-5-11(15)6-8-12)20(18,19)17-9-3-2-4-13(17)10-14/h5-8,13H,2-4,9-10H2,1H3. The Balaban J connectivity index is 2.26. The zero-order valence-electron chi connectivity index (χ0n) is 11.3. The fraction of sp³-hybridized carbons (Fsp3) is 0.538. The summed E-state index contributed by atoms with van der Waals surface area (Å²) >= 11 is 5.88. The van der Waals surface area contributed by atoms with Crippen molar-refractivity contribution in [3.8, 4) is 0 Å². The van der Waals surface area contributed by atoms with E-state index < -0.39 is 16.0 Å². The zero-order chi connectivity index (χ0) is 14.8. The lowest BCUT2D eigenvalue weighted by molar-refractivity contribution is 0.271. The molecule has 1 fully saturated rings. The first-order valence-electron chi connectivity index (χ1n) is 6.54. The lowest BCUT2D eigenvalue weighted by atomic mass is 10.1. The molecular formula is C13H18ClFN2O2S. The van der Waals surface area contributed by atoms with E-state index in [9.17, 15) is 12.8 Å². The molecule has 20 heavy (non-hydrogen) atoms. The summed E-state index contributed by atoms with van der Waals surface area (Å²) in [6, 6.07) is 5.23. The predicted molar refractivity (Wildman–Crippen MR) is 78.8 cm³/mol. The number of alkyl halides is 1. The van der Waals surface area contributed by atoms with Crippen LogP contribution in [0.15, 0.2) is 24.3 Å². The molecule has 0 spiro atoms. The van der Waals surface area contributed by atoms with Gasteiger partial charge in [0, 0.05) is 25.5 Å². The molecule has 0 aromatic heterocycles. The molecule has 0 N–H and O–H groups in total. The van der Waals surface area contributed by atoms with Crippen molar-refractivity contribution in [1.82, 2.24) is 4.31 Å². The third kappa shape index (κ3) is 3.07. The third-order valence-corrected chi connectivity index (χ3v) is 5.92. The molecule has 2 rings (SSSR count). The molecule has 1 unspecified atom stereocenters. The highest BCUT2D eigenvalue weighted by Gasteiger charge is 2.34. The topological polar surface area (TPSA) is 40.6 Å². The van der Waals surface area contributed by atoms with E-state index in [1.807, 2.05) is 0 Å². The molecule has 1 aromatic rings.